The van der Waals surface area contributed by atoms with Gasteiger partial charge in [-0.3, -0.25) is 0 Å². The number of nitrogens with one attached hydrogen (secondary N) is 1. The summed E-state index contributed by atoms with van der Waals surface area (Å²) in [5.74, 6) is 0. The predicted molar refractivity (Wildman–Crippen MR) is 54.0 cm³/mol. The van der Waals surface area contributed by atoms with Gasteiger partial charge in [0.05, 0.1) is 18.5 Å². The smallest absolute Gasteiger partial charge is 0.214 e. The highest BCUT2D eigenvalue weighted by atomic mass is 16.6. The first-order valence-electron chi connectivity index (χ1n) is 5.23. The molecule has 1 aromatic rings. The summed E-state index contributed by atoms with van der Waals surface area (Å²) in [6.07, 6.45) is -2.86. The maximum absolute atomic E-state index is 9.81. The highest BCUT2D eigenvalue weighted by molar-refractivity contribution is 4.98. The summed E-state index contributed by atoms with van der Waals surface area (Å²) >= 11 is 0. The molecule has 1 aliphatic heterocycles. The Labute approximate surface area is 101 Å². The highest BCUT2D eigenvalue weighted by Crippen LogP contribution is 2.29. The van der Waals surface area contributed by atoms with Crippen molar-refractivity contribution in [2.24, 2.45) is 5.11 Å². The van der Waals surface area contributed by atoms with Gasteiger partial charge in [0.2, 0.25) is 4.91 Å². The fourth-order valence-corrected chi connectivity index (χ4v) is 1.78. The van der Waals surface area contributed by atoms with Crippen LogP contribution in [-0.4, -0.2) is 55.2 Å². The predicted octanol–water partition coefficient (Wildman–Crippen LogP) is -2.06. The van der Waals surface area contributed by atoms with Gasteiger partial charge < -0.3 is 20.1 Å². The van der Waals surface area contributed by atoms with Crippen molar-refractivity contribution in [1.29, 1.82) is 5.53 Å². The zero-order chi connectivity index (χ0) is 13.1. The average Bonchev–Trinajstić information content (AvgIpc) is 2.94. The molecule has 0 amide bonds. The summed E-state index contributed by atoms with van der Waals surface area (Å²) in [4.78, 5) is 2.86. The molecule has 4 N–H and O–H groups in total. The van der Waals surface area contributed by atoms with E-state index < -0.39 is 31.1 Å². The topological polar surface area (TPSA) is 151 Å². The van der Waals surface area contributed by atoms with Gasteiger partial charge in [0.15, 0.2) is 12.8 Å². The number of hydrogen-bond acceptors (Lipinski definition) is 8. The van der Waals surface area contributed by atoms with Gasteiger partial charge in [0.1, 0.15) is 29.0 Å². The molecule has 1 fully saturated rings. The first kappa shape index (κ1) is 12.7. The molecule has 1 aromatic heterocycles. The van der Waals surface area contributed by atoms with Crippen molar-refractivity contribution in [3.8, 4) is 0 Å². The molecular weight excluding hydrogens is 244 g/mol. The molecule has 1 saturated heterocycles. The quantitative estimate of drug-likeness (QED) is 0.359. The molecule has 2 heterocycles. The molecule has 18 heavy (non-hydrogen) atoms. The van der Waals surface area contributed by atoms with Crippen molar-refractivity contribution < 1.29 is 20.1 Å². The molecule has 0 aliphatic carbocycles. The van der Waals surface area contributed by atoms with Crippen LogP contribution in [0.5, 0.6) is 0 Å². The molecule has 1 aliphatic rings. The second-order valence-corrected chi connectivity index (χ2v) is 3.80. The number of rotatable bonds is 4. The van der Waals surface area contributed by atoms with E-state index in [2.05, 4.69) is 20.3 Å². The molecule has 0 radical (unpaired) electrons. The fourth-order valence-electron chi connectivity index (χ4n) is 1.78. The second kappa shape index (κ2) is 5.29. The zero-order valence-electron chi connectivity index (χ0n) is 9.29. The van der Waals surface area contributed by atoms with Crippen LogP contribution in [0.15, 0.2) is 11.3 Å². The van der Waals surface area contributed by atoms with Gasteiger partial charge >= 0.3 is 0 Å². The van der Waals surface area contributed by atoms with Crippen LogP contribution in [0.4, 0.5) is 0 Å². The van der Waals surface area contributed by atoms with E-state index >= 15 is 0 Å². The SMILES string of the molecule is N=[N+]=NCc1cnnn1C1OC(CO)C(O)C1O. The van der Waals surface area contributed by atoms with E-state index in [1.54, 1.807) is 0 Å². The van der Waals surface area contributed by atoms with Gasteiger partial charge in [0, 0.05) is 0 Å². The summed E-state index contributed by atoms with van der Waals surface area (Å²) in [5.41, 5.74) is 7.05. The summed E-state index contributed by atoms with van der Waals surface area (Å²) < 4.78 is 6.54. The molecule has 0 spiro atoms. The fraction of sp³-hybridized carbons (Fsp3) is 0.750. The third kappa shape index (κ3) is 2.15. The van der Waals surface area contributed by atoms with Crippen molar-refractivity contribution in [2.45, 2.75) is 31.1 Å². The molecule has 0 saturated carbocycles. The summed E-state index contributed by atoms with van der Waals surface area (Å²) in [6, 6.07) is 0. The minimum Gasteiger partial charge on any atom is -0.394 e. The zero-order valence-corrected chi connectivity index (χ0v) is 9.29. The summed E-state index contributed by atoms with van der Waals surface area (Å²) in [6.45, 7) is -0.353. The number of ether oxygens (including phenoxy) is 1. The third-order valence-electron chi connectivity index (χ3n) is 2.71. The monoisotopic (exact) mass is 257 g/mol. The van der Waals surface area contributed by atoms with Crippen LogP contribution < -0.4 is 4.91 Å². The maximum Gasteiger partial charge on any atom is 0.214 e. The lowest BCUT2D eigenvalue weighted by atomic mass is 10.1. The molecule has 4 atom stereocenters. The van der Waals surface area contributed by atoms with Gasteiger partial charge in [-0.2, -0.15) is 0 Å². The molecule has 98 valence electrons. The number of nitrogens with zero attached hydrogens (tertiary/aromatic N) is 5. The normalized spacial score (nSPS) is 31.3. The average molecular weight is 257 g/mol. The molecule has 0 bridgehead atoms. The lowest BCUT2D eigenvalue weighted by Gasteiger charge is -2.15. The van der Waals surface area contributed by atoms with Crippen LogP contribution in [0.1, 0.15) is 11.9 Å². The van der Waals surface area contributed by atoms with E-state index in [4.69, 9.17) is 15.4 Å². The Bertz CT molecular complexity index is 458. The lowest BCUT2D eigenvalue weighted by Crippen LogP contribution is -2.33. The Morgan fingerprint density at radius 3 is 2.89 bits per heavy atom. The van der Waals surface area contributed by atoms with E-state index in [-0.39, 0.29) is 6.54 Å². The number of aromatic nitrogens is 3. The Balaban J connectivity index is 2.21. The molecular formula is C8H13N6O4+. The first-order chi connectivity index (χ1) is 8.69. The van der Waals surface area contributed by atoms with Crippen molar-refractivity contribution in [3.63, 3.8) is 0 Å². The van der Waals surface area contributed by atoms with Crippen LogP contribution in [0.3, 0.4) is 0 Å². The number of aliphatic hydroxyl groups excluding tert-OH is 3. The number of hydrogen-bond donors (Lipinski definition) is 4. The summed E-state index contributed by atoms with van der Waals surface area (Å²) in [7, 11) is 0. The standard InChI is InChI=1S/C8H13N6O4/c9-12-10-1-4-2-11-13-14(4)8-7(17)6(16)5(3-15)18-8/h2,5-9,15-17H,1,3H2/q+1. The Hall–Kier alpha value is -1.71. The van der Waals surface area contributed by atoms with Crippen LogP contribution in [0.25, 0.3) is 0 Å². The first-order valence-corrected chi connectivity index (χ1v) is 5.23. The van der Waals surface area contributed by atoms with Gasteiger partial charge in [-0.1, -0.05) is 5.21 Å². The van der Waals surface area contributed by atoms with Crippen molar-refractivity contribution in [3.05, 3.63) is 11.9 Å². The minimum absolute atomic E-state index is 0.0585. The Kier molecular flexibility index (Phi) is 3.75. The third-order valence-corrected chi connectivity index (χ3v) is 2.71. The minimum atomic E-state index is -1.23. The van der Waals surface area contributed by atoms with E-state index in [1.165, 1.54) is 10.9 Å². The molecule has 0 aromatic carbocycles. The van der Waals surface area contributed by atoms with Crippen molar-refractivity contribution in [1.82, 2.24) is 19.9 Å². The van der Waals surface area contributed by atoms with Crippen LogP contribution in [0, 0.1) is 5.53 Å². The summed E-state index contributed by atoms with van der Waals surface area (Å²) in [5, 5.41) is 39.3. The van der Waals surface area contributed by atoms with E-state index in [0.717, 1.165) is 0 Å². The van der Waals surface area contributed by atoms with Gasteiger partial charge in [-0.05, 0) is 0 Å². The lowest BCUT2D eigenvalue weighted by molar-refractivity contribution is -0.0606. The number of aliphatic hydroxyl groups is 3. The Morgan fingerprint density at radius 1 is 1.50 bits per heavy atom. The van der Waals surface area contributed by atoms with E-state index in [0.29, 0.717) is 5.69 Å². The maximum atomic E-state index is 9.81. The molecule has 10 nitrogen and oxygen atoms in total. The molecule has 10 heteroatoms. The van der Waals surface area contributed by atoms with E-state index in [9.17, 15) is 10.2 Å². The van der Waals surface area contributed by atoms with Crippen LogP contribution in [-0.2, 0) is 11.3 Å². The van der Waals surface area contributed by atoms with Gasteiger partial charge in [-0.25, -0.2) is 4.68 Å². The molecule has 4 unspecified atom stereocenters. The Morgan fingerprint density at radius 2 is 2.28 bits per heavy atom. The van der Waals surface area contributed by atoms with Crippen LogP contribution in [0.2, 0.25) is 0 Å². The van der Waals surface area contributed by atoms with Gasteiger partial charge in [0.25, 0.3) is 0 Å². The molecule has 2 rings (SSSR count). The van der Waals surface area contributed by atoms with E-state index in [1.807, 2.05) is 0 Å². The van der Waals surface area contributed by atoms with Gasteiger partial charge in [-0.15, -0.1) is 5.10 Å². The second-order valence-electron chi connectivity index (χ2n) is 3.80. The van der Waals surface area contributed by atoms with Crippen LogP contribution >= 0.6 is 0 Å². The largest absolute Gasteiger partial charge is 0.394 e. The highest BCUT2D eigenvalue weighted by Gasteiger charge is 2.44. The van der Waals surface area contributed by atoms with Crippen molar-refractivity contribution >= 4 is 0 Å². The van der Waals surface area contributed by atoms with Crippen molar-refractivity contribution in [2.75, 3.05) is 6.61 Å².